The van der Waals surface area contributed by atoms with E-state index in [0.29, 0.717) is 0 Å². The van der Waals surface area contributed by atoms with Crippen molar-refractivity contribution in [3.63, 3.8) is 0 Å². The Hall–Kier alpha value is -1.12. The number of nitrogens with two attached hydrogens (primary N) is 1. The normalized spacial score (nSPS) is 22.8. The second kappa shape index (κ2) is 3.94. The van der Waals surface area contributed by atoms with E-state index in [1.54, 1.807) is 0 Å². The van der Waals surface area contributed by atoms with Crippen LogP contribution in [0.3, 0.4) is 0 Å². The first-order chi connectivity index (χ1) is 7.87. The first-order valence-electron chi connectivity index (χ1n) is 4.51. The molecule has 0 unspecified atom stereocenters. The van der Waals surface area contributed by atoms with Crippen molar-refractivity contribution in [1.82, 2.24) is 0 Å². The summed E-state index contributed by atoms with van der Waals surface area (Å²) in [7, 11) is 0. The molecule has 0 aromatic heterocycles. The molecule has 0 amide bonds. The molecule has 0 saturated heterocycles. The van der Waals surface area contributed by atoms with Crippen LogP contribution in [0.4, 0.5) is 35.1 Å². The van der Waals surface area contributed by atoms with Crippen molar-refractivity contribution in [2.45, 2.75) is 18.3 Å². The van der Waals surface area contributed by atoms with E-state index in [9.17, 15) is 35.1 Å². The van der Waals surface area contributed by atoms with Crippen molar-refractivity contribution in [2.24, 2.45) is 11.1 Å². The van der Waals surface area contributed by atoms with Gasteiger partial charge < -0.3 is 5.73 Å². The number of alkyl halides is 8. The van der Waals surface area contributed by atoms with Crippen LogP contribution in [0.15, 0.2) is 23.8 Å². The Kier molecular flexibility index (Phi) is 3.27. The van der Waals surface area contributed by atoms with E-state index in [2.05, 4.69) is 0 Å². The van der Waals surface area contributed by atoms with Gasteiger partial charge in [0.05, 0.1) is 0 Å². The molecule has 2 N–H and O–H groups in total. The minimum absolute atomic E-state index is 0.420. The SMILES string of the molecule is NCC1=CC(C(F)(F)F)(C(F)(F)F)C=CC1(F)F. The molecule has 0 heterocycles. The summed E-state index contributed by atoms with van der Waals surface area (Å²) in [6.45, 7) is -1.11. The molecule has 0 bridgehead atoms. The van der Waals surface area contributed by atoms with Crippen molar-refractivity contribution < 1.29 is 35.1 Å². The lowest BCUT2D eigenvalue weighted by Crippen LogP contribution is -2.50. The van der Waals surface area contributed by atoms with Gasteiger partial charge in [-0.25, -0.2) is 0 Å². The highest BCUT2D eigenvalue weighted by Gasteiger charge is 2.69. The molecule has 1 aliphatic carbocycles. The zero-order valence-corrected chi connectivity index (χ0v) is 8.54. The first kappa shape index (κ1) is 14.9. The predicted molar refractivity (Wildman–Crippen MR) is 45.8 cm³/mol. The molecule has 1 rings (SSSR count). The van der Waals surface area contributed by atoms with Crippen molar-refractivity contribution in [3.8, 4) is 0 Å². The maximum absolute atomic E-state index is 13.0. The lowest BCUT2D eigenvalue weighted by molar-refractivity contribution is -0.303. The summed E-state index contributed by atoms with van der Waals surface area (Å²) in [6, 6.07) is 0. The van der Waals surface area contributed by atoms with Crippen LogP contribution < -0.4 is 5.73 Å². The molecule has 0 radical (unpaired) electrons. The van der Waals surface area contributed by atoms with Gasteiger partial charge >= 0.3 is 12.4 Å². The molecule has 1 nitrogen and oxygen atoms in total. The minimum atomic E-state index is -5.78. The second-order valence-corrected chi connectivity index (χ2v) is 3.69. The third-order valence-corrected chi connectivity index (χ3v) is 2.54. The van der Waals surface area contributed by atoms with Gasteiger partial charge in [0.1, 0.15) is 0 Å². The third kappa shape index (κ3) is 2.11. The molecule has 104 valence electrons. The van der Waals surface area contributed by atoms with E-state index < -0.39 is 54.0 Å². The first-order valence-corrected chi connectivity index (χ1v) is 4.51. The van der Waals surface area contributed by atoms with Gasteiger partial charge in [0.15, 0.2) is 5.41 Å². The monoisotopic (exact) mass is 281 g/mol. The zero-order chi connectivity index (χ0) is 14.4. The van der Waals surface area contributed by atoms with Crippen LogP contribution in [0, 0.1) is 5.41 Å². The number of hydrogen-bond donors (Lipinski definition) is 1. The fourth-order valence-electron chi connectivity index (χ4n) is 1.47. The van der Waals surface area contributed by atoms with Gasteiger partial charge in [-0.15, -0.1) is 0 Å². The molecule has 0 aromatic rings. The van der Waals surface area contributed by atoms with Crippen LogP contribution in [0.25, 0.3) is 0 Å². The molecule has 18 heavy (non-hydrogen) atoms. The third-order valence-electron chi connectivity index (χ3n) is 2.54. The van der Waals surface area contributed by atoms with Gasteiger partial charge in [-0.2, -0.15) is 35.1 Å². The summed E-state index contributed by atoms with van der Waals surface area (Å²) in [6.07, 6.45) is -13.1. The van der Waals surface area contributed by atoms with Crippen molar-refractivity contribution in [3.05, 3.63) is 23.8 Å². The van der Waals surface area contributed by atoms with Gasteiger partial charge in [-0.05, 0) is 12.2 Å². The van der Waals surface area contributed by atoms with Crippen LogP contribution >= 0.6 is 0 Å². The topological polar surface area (TPSA) is 26.0 Å². The molecule has 1 aliphatic rings. The maximum atomic E-state index is 13.0. The van der Waals surface area contributed by atoms with Crippen LogP contribution in [0.2, 0.25) is 0 Å². The summed E-state index contributed by atoms with van der Waals surface area (Å²) in [4.78, 5) is 0. The summed E-state index contributed by atoms with van der Waals surface area (Å²) < 4.78 is 101. The van der Waals surface area contributed by atoms with Crippen LogP contribution in [0.1, 0.15) is 0 Å². The molecule has 0 aliphatic heterocycles. The molecule has 0 aromatic carbocycles. The Morgan fingerprint density at radius 1 is 0.944 bits per heavy atom. The number of allylic oxidation sites excluding steroid dienone is 3. The Morgan fingerprint density at radius 2 is 1.39 bits per heavy atom. The van der Waals surface area contributed by atoms with E-state index in [0.717, 1.165) is 0 Å². The lowest BCUT2D eigenvalue weighted by Gasteiger charge is -2.36. The molecule has 0 saturated carbocycles. The van der Waals surface area contributed by atoms with E-state index in [4.69, 9.17) is 5.73 Å². The van der Waals surface area contributed by atoms with Gasteiger partial charge in [0.25, 0.3) is 5.92 Å². The minimum Gasteiger partial charge on any atom is -0.327 e. The van der Waals surface area contributed by atoms with E-state index in [1.165, 1.54) is 0 Å². The largest absolute Gasteiger partial charge is 0.410 e. The summed E-state index contributed by atoms with van der Waals surface area (Å²) in [5.41, 5.74) is -1.07. The summed E-state index contributed by atoms with van der Waals surface area (Å²) in [5.74, 6) is -3.91. The zero-order valence-electron chi connectivity index (χ0n) is 8.54. The molecule has 0 fully saturated rings. The van der Waals surface area contributed by atoms with E-state index >= 15 is 0 Å². The Morgan fingerprint density at radius 3 is 1.72 bits per heavy atom. The standard InChI is InChI=1S/C9H7F8N/c10-7(11)2-1-6(8(12,13)14,9(15,16)17)3-5(7)4-18/h1-3H,4,18H2. The molecular weight excluding hydrogens is 274 g/mol. The van der Waals surface area contributed by atoms with Crippen molar-refractivity contribution in [1.29, 1.82) is 0 Å². The van der Waals surface area contributed by atoms with Gasteiger partial charge in [-0.1, -0.05) is 6.08 Å². The number of rotatable bonds is 1. The Balaban J connectivity index is 3.47. The van der Waals surface area contributed by atoms with Gasteiger partial charge in [0.2, 0.25) is 0 Å². The Labute approximate surface area is 95.9 Å². The summed E-state index contributed by atoms with van der Waals surface area (Å²) >= 11 is 0. The van der Waals surface area contributed by atoms with Crippen molar-refractivity contribution >= 4 is 0 Å². The summed E-state index contributed by atoms with van der Waals surface area (Å²) in [5, 5.41) is 0. The molecule has 0 atom stereocenters. The quantitative estimate of drug-likeness (QED) is 0.579. The molecule has 9 heteroatoms. The molecule has 0 spiro atoms. The Bertz CT molecular complexity index is 372. The predicted octanol–water partition coefficient (Wildman–Crippen LogP) is 3.19. The average molecular weight is 281 g/mol. The van der Waals surface area contributed by atoms with E-state index in [1.807, 2.05) is 0 Å². The number of hydrogen-bond acceptors (Lipinski definition) is 1. The van der Waals surface area contributed by atoms with Crippen LogP contribution in [0.5, 0.6) is 0 Å². The molecular formula is C9H7F8N. The lowest BCUT2D eigenvalue weighted by atomic mass is 9.78. The average Bonchev–Trinajstić information content (AvgIpc) is 2.13. The maximum Gasteiger partial charge on any atom is 0.410 e. The smallest absolute Gasteiger partial charge is 0.327 e. The highest BCUT2D eigenvalue weighted by Crippen LogP contribution is 2.55. The highest BCUT2D eigenvalue weighted by molar-refractivity contribution is 5.36. The van der Waals surface area contributed by atoms with Crippen molar-refractivity contribution in [2.75, 3.05) is 6.54 Å². The van der Waals surface area contributed by atoms with Gasteiger partial charge in [-0.3, -0.25) is 0 Å². The fourth-order valence-corrected chi connectivity index (χ4v) is 1.47. The number of halogens is 8. The second-order valence-electron chi connectivity index (χ2n) is 3.69. The highest BCUT2D eigenvalue weighted by atomic mass is 19.4. The van der Waals surface area contributed by atoms with Gasteiger partial charge in [0, 0.05) is 12.1 Å². The van der Waals surface area contributed by atoms with Crippen LogP contribution in [-0.4, -0.2) is 24.8 Å². The fraction of sp³-hybridized carbons (Fsp3) is 0.556. The van der Waals surface area contributed by atoms with E-state index in [-0.39, 0.29) is 0 Å². The van der Waals surface area contributed by atoms with Crippen LogP contribution in [-0.2, 0) is 0 Å².